The molecule has 23 heavy (non-hydrogen) atoms. The van der Waals surface area contributed by atoms with E-state index in [0.717, 1.165) is 16.7 Å². The van der Waals surface area contributed by atoms with Crippen molar-refractivity contribution in [3.63, 3.8) is 0 Å². The molecule has 0 unspecified atom stereocenters. The van der Waals surface area contributed by atoms with Crippen LogP contribution in [-0.2, 0) is 6.18 Å². The number of nitrogens with zero attached hydrogens (tertiary/aromatic N) is 2. The molecule has 0 aliphatic carbocycles. The molecule has 3 rings (SSSR count). The number of aromatic nitrogens is 2. The third-order valence-corrected chi connectivity index (χ3v) is 3.60. The predicted octanol–water partition coefficient (Wildman–Crippen LogP) is 3.64. The largest absolute Gasteiger partial charge is 0.433 e. The van der Waals surface area contributed by atoms with E-state index in [2.05, 4.69) is 4.98 Å². The van der Waals surface area contributed by atoms with Crippen LogP contribution in [0.25, 0.3) is 16.7 Å². The minimum atomic E-state index is -4.64. The van der Waals surface area contributed by atoms with Gasteiger partial charge in [-0.1, -0.05) is 23.7 Å². The van der Waals surface area contributed by atoms with Crippen molar-refractivity contribution >= 4 is 28.3 Å². The molecule has 0 amide bonds. The first-order valence-corrected chi connectivity index (χ1v) is 6.81. The van der Waals surface area contributed by atoms with Gasteiger partial charge < -0.3 is 5.73 Å². The fraction of sp³-hybridized carbons (Fsp3) is 0.0667. The summed E-state index contributed by atoms with van der Waals surface area (Å²) in [4.78, 5) is 15.9. The number of alkyl halides is 3. The summed E-state index contributed by atoms with van der Waals surface area (Å²) in [6.07, 6.45) is -4.64. The van der Waals surface area contributed by atoms with Crippen LogP contribution in [0.2, 0.25) is 5.02 Å². The van der Waals surface area contributed by atoms with Crippen molar-refractivity contribution in [1.82, 2.24) is 9.55 Å². The number of halogens is 4. The highest BCUT2D eigenvalue weighted by Gasteiger charge is 2.33. The lowest BCUT2D eigenvalue weighted by Gasteiger charge is -2.14. The average molecular weight is 340 g/mol. The normalized spacial score (nSPS) is 11.8. The van der Waals surface area contributed by atoms with Gasteiger partial charge in [0.2, 0.25) is 0 Å². The van der Waals surface area contributed by atoms with E-state index in [4.69, 9.17) is 17.3 Å². The summed E-state index contributed by atoms with van der Waals surface area (Å²) >= 11 is 6.06. The van der Waals surface area contributed by atoms with Crippen LogP contribution in [0, 0.1) is 0 Å². The molecule has 0 atom stereocenters. The molecule has 0 saturated carbocycles. The van der Waals surface area contributed by atoms with E-state index in [-0.39, 0.29) is 27.4 Å². The fourth-order valence-electron chi connectivity index (χ4n) is 2.25. The molecular weight excluding hydrogens is 331 g/mol. The zero-order valence-corrected chi connectivity index (χ0v) is 12.2. The number of fused-ring (bicyclic) bond motifs is 1. The van der Waals surface area contributed by atoms with Crippen LogP contribution in [0.4, 0.5) is 18.9 Å². The number of hydrogen-bond acceptors (Lipinski definition) is 3. The molecule has 3 aromatic rings. The molecule has 0 saturated heterocycles. The molecule has 0 fully saturated rings. The molecule has 1 aromatic carbocycles. The number of anilines is 1. The number of nitrogens with two attached hydrogens (primary N) is 1. The summed E-state index contributed by atoms with van der Waals surface area (Å²) in [6, 6.07) is 9.43. The Kier molecular flexibility index (Phi) is 3.52. The van der Waals surface area contributed by atoms with Crippen LogP contribution in [-0.4, -0.2) is 9.55 Å². The van der Waals surface area contributed by atoms with Crippen molar-refractivity contribution in [3.8, 4) is 5.69 Å². The first kappa shape index (κ1) is 15.4. The van der Waals surface area contributed by atoms with Crippen LogP contribution in [0.5, 0.6) is 0 Å². The van der Waals surface area contributed by atoms with Gasteiger partial charge in [-0.3, -0.25) is 9.36 Å². The Morgan fingerprint density at radius 1 is 1.13 bits per heavy atom. The lowest BCUT2D eigenvalue weighted by atomic mass is 10.2. The fourth-order valence-corrected chi connectivity index (χ4v) is 2.47. The minimum Gasteiger partial charge on any atom is -0.398 e. The van der Waals surface area contributed by atoms with Crippen LogP contribution >= 0.6 is 11.6 Å². The van der Waals surface area contributed by atoms with Crippen molar-refractivity contribution in [2.24, 2.45) is 0 Å². The summed E-state index contributed by atoms with van der Waals surface area (Å²) in [5.74, 6) is 0. The summed E-state index contributed by atoms with van der Waals surface area (Å²) in [5, 5.41) is 0.442. The third kappa shape index (κ3) is 2.63. The molecule has 4 nitrogen and oxygen atoms in total. The first-order chi connectivity index (χ1) is 10.8. The highest BCUT2D eigenvalue weighted by atomic mass is 35.5. The predicted molar refractivity (Wildman–Crippen MR) is 81.8 cm³/mol. The summed E-state index contributed by atoms with van der Waals surface area (Å²) in [6.45, 7) is 0. The number of rotatable bonds is 1. The Balaban J connectivity index is 2.46. The lowest BCUT2D eigenvalue weighted by Crippen LogP contribution is -2.21. The Hall–Kier alpha value is -2.54. The number of hydrogen-bond donors (Lipinski definition) is 1. The van der Waals surface area contributed by atoms with Crippen LogP contribution < -0.4 is 11.3 Å². The van der Waals surface area contributed by atoms with Gasteiger partial charge in [-0.15, -0.1) is 0 Å². The molecule has 0 aliphatic rings. The minimum absolute atomic E-state index is 0.0505. The zero-order chi connectivity index (χ0) is 16.8. The summed E-state index contributed by atoms with van der Waals surface area (Å²) in [7, 11) is 0. The molecule has 2 N–H and O–H groups in total. The van der Waals surface area contributed by atoms with Gasteiger partial charge in [0.1, 0.15) is 11.3 Å². The van der Waals surface area contributed by atoms with E-state index < -0.39 is 17.4 Å². The second-order valence-corrected chi connectivity index (χ2v) is 5.20. The van der Waals surface area contributed by atoms with Gasteiger partial charge in [-0.25, -0.2) is 4.98 Å². The average Bonchev–Trinajstić information content (AvgIpc) is 2.47. The lowest BCUT2D eigenvalue weighted by molar-refractivity contribution is -0.141. The van der Waals surface area contributed by atoms with Gasteiger partial charge in [0.05, 0.1) is 10.7 Å². The molecule has 0 aliphatic heterocycles. The van der Waals surface area contributed by atoms with E-state index >= 15 is 0 Å². The van der Waals surface area contributed by atoms with Gasteiger partial charge in [-0.2, -0.15) is 13.2 Å². The smallest absolute Gasteiger partial charge is 0.398 e. The maximum atomic E-state index is 12.9. The zero-order valence-electron chi connectivity index (χ0n) is 11.4. The molecule has 2 heterocycles. The van der Waals surface area contributed by atoms with E-state index in [1.54, 1.807) is 12.1 Å². The van der Waals surface area contributed by atoms with Crippen molar-refractivity contribution in [2.75, 3.05) is 5.73 Å². The number of nitrogen functional groups attached to an aromatic ring is 1. The van der Waals surface area contributed by atoms with Crippen LogP contribution in [0.1, 0.15) is 5.69 Å². The van der Waals surface area contributed by atoms with Gasteiger partial charge in [0.15, 0.2) is 0 Å². The molecule has 2 aromatic heterocycles. The highest BCUT2D eigenvalue weighted by Crippen LogP contribution is 2.31. The Morgan fingerprint density at radius 2 is 1.83 bits per heavy atom. The van der Waals surface area contributed by atoms with Gasteiger partial charge in [0, 0.05) is 17.1 Å². The van der Waals surface area contributed by atoms with Gasteiger partial charge >= 0.3 is 6.18 Å². The third-order valence-electron chi connectivity index (χ3n) is 3.28. The maximum absolute atomic E-state index is 12.9. The topological polar surface area (TPSA) is 60.9 Å². The maximum Gasteiger partial charge on any atom is 0.433 e. The quantitative estimate of drug-likeness (QED) is 0.736. The number of benzene rings is 1. The van der Waals surface area contributed by atoms with E-state index in [0.29, 0.717) is 0 Å². The second kappa shape index (κ2) is 5.27. The Labute approximate surface area is 132 Å². The number of para-hydroxylation sites is 1. The van der Waals surface area contributed by atoms with E-state index in [1.807, 2.05) is 0 Å². The van der Waals surface area contributed by atoms with Crippen LogP contribution in [0.3, 0.4) is 0 Å². The van der Waals surface area contributed by atoms with E-state index in [1.165, 1.54) is 18.2 Å². The van der Waals surface area contributed by atoms with Crippen LogP contribution in [0.15, 0.2) is 47.3 Å². The highest BCUT2D eigenvalue weighted by molar-refractivity contribution is 6.32. The molecule has 0 radical (unpaired) electrons. The summed E-state index contributed by atoms with van der Waals surface area (Å²) < 4.78 is 39.8. The van der Waals surface area contributed by atoms with Crippen molar-refractivity contribution in [1.29, 1.82) is 0 Å². The molecule has 0 spiro atoms. The Morgan fingerprint density at radius 3 is 2.48 bits per heavy atom. The summed E-state index contributed by atoms with van der Waals surface area (Å²) in [5.41, 5.74) is 4.09. The van der Waals surface area contributed by atoms with E-state index in [9.17, 15) is 18.0 Å². The molecule has 0 bridgehead atoms. The van der Waals surface area contributed by atoms with Gasteiger partial charge in [0.25, 0.3) is 5.56 Å². The van der Waals surface area contributed by atoms with Crippen molar-refractivity contribution < 1.29 is 13.2 Å². The molecular formula is C15H9ClF3N3O. The monoisotopic (exact) mass is 339 g/mol. The molecule has 8 heteroatoms. The van der Waals surface area contributed by atoms with Gasteiger partial charge in [-0.05, 0) is 24.3 Å². The molecule has 118 valence electrons. The number of pyridine rings is 2. The SMILES string of the molecule is Nc1cc(=O)n(-c2ccccc2Cl)c2nc(C(F)(F)F)ccc12. The first-order valence-electron chi connectivity index (χ1n) is 6.43. The Bertz CT molecular complexity index is 966. The van der Waals surface area contributed by atoms with Crippen molar-refractivity contribution in [2.45, 2.75) is 6.18 Å². The van der Waals surface area contributed by atoms with Crippen molar-refractivity contribution in [3.05, 3.63) is 63.5 Å². The second-order valence-electron chi connectivity index (χ2n) is 4.79. The standard InChI is InChI=1S/C15H9ClF3N3O/c16-9-3-1-2-4-11(9)22-13(23)7-10(20)8-5-6-12(15(17,18)19)21-14(8)22/h1-7H,20H2.